The van der Waals surface area contributed by atoms with Gasteiger partial charge in [-0.25, -0.2) is 0 Å². The van der Waals surface area contributed by atoms with Crippen molar-refractivity contribution < 1.29 is 9.47 Å². The summed E-state index contributed by atoms with van der Waals surface area (Å²) in [5.41, 5.74) is 2.82. The summed E-state index contributed by atoms with van der Waals surface area (Å²) in [6.07, 6.45) is -0.367. The van der Waals surface area contributed by atoms with Crippen LogP contribution in [-0.4, -0.2) is 20.5 Å². The van der Waals surface area contributed by atoms with Crippen molar-refractivity contribution in [1.29, 1.82) is 0 Å². The molecule has 0 unspecified atom stereocenters. The van der Waals surface area contributed by atoms with E-state index >= 15 is 0 Å². The summed E-state index contributed by atoms with van der Waals surface area (Å²) in [6.45, 7) is 0. The standard InChI is InChI=1S/C6H8Br2O2/c1-9-6(10-2)5(8)3-4-7/h4,6H,1-2H3. The first kappa shape index (κ1) is 10.4. The quantitative estimate of drug-likeness (QED) is 0.580. The maximum atomic E-state index is 4.90. The van der Waals surface area contributed by atoms with Gasteiger partial charge in [0.2, 0.25) is 0 Å². The van der Waals surface area contributed by atoms with Crippen molar-refractivity contribution in [3.05, 3.63) is 15.2 Å². The zero-order chi connectivity index (χ0) is 7.98. The van der Waals surface area contributed by atoms with Crippen LogP contribution in [0.4, 0.5) is 0 Å². The molecule has 0 fully saturated rings. The SMILES string of the molecule is COC(OC)C(Br)=C=CBr. The molecule has 0 radical (unpaired) electrons. The zero-order valence-electron chi connectivity index (χ0n) is 5.73. The van der Waals surface area contributed by atoms with Crippen molar-refractivity contribution >= 4 is 31.9 Å². The highest BCUT2D eigenvalue weighted by Gasteiger charge is 2.06. The van der Waals surface area contributed by atoms with E-state index in [1.807, 2.05) is 0 Å². The van der Waals surface area contributed by atoms with E-state index in [-0.39, 0.29) is 6.29 Å². The highest BCUT2D eigenvalue weighted by molar-refractivity contribution is 9.12. The molecule has 0 spiro atoms. The summed E-state index contributed by atoms with van der Waals surface area (Å²) >= 11 is 6.30. The molecule has 0 atom stereocenters. The molecule has 0 saturated heterocycles. The number of rotatable bonds is 3. The lowest BCUT2D eigenvalue weighted by atomic mass is 10.6. The van der Waals surface area contributed by atoms with Crippen LogP contribution in [0.15, 0.2) is 15.2 Å². The summed E-state index contributed by atoms with van der Waals surface area (Å²) in [6, 6.07) is 0. The Kier molecular flexibility index (Phi) is 6.38. The second-order valence-electron chi connectivity index (χ2n) is 1.40. The van der Waals surface area contributed by atoms with E-state index in [2.05, 4.69) is 37.6 Å². The smallest absolute Gasteiger partial charge is 0.197 e. The molecule has 0 aliphatic carbocycles. The van der Waals surface area contributed by atoms with E-state index < -0.39 is 0 Å². The van der Waals surface area contributed by atoms with Crippen LogP contribution in [0.5, 0.6) is 0 Å². The summed E-state index contributed by atoms with van der Waals surface area (Å²) < 4.78 is 10.5. The minimum Gasteiger partial charge on any atom is -0.351 e. The first-order valence-corrected chi connectivity index (χ1v) is 4.23. The molecule has 0 rings (SSSR count). The molecule has 0 amide bonds. The minimum absolute atomic E-state index is 0.367. The third-order valence-electron chi connectivity index (χ3n) is 0.828. The highest BCUT2D eigenvalue weighted by atomic mass is 79.9. The molecule has 0 saturated carbocycles. The van der Waals surface area contributed by atoms with E-state index in [1.165, 1.54) is 0 Å². The number of hydrogen-bond donors (Lipinski definition) is 0. The zero-order valence-corrected chi connectivity index (χ0v) is 8.90. The van der Waals surface area contributed by atoms with Crippen LogP contribution in [0.3, 0.4) is 0 Å². The molecule has 58 valence electrons. The van der Waals surface area contributed by atoms with Gasteiger partial charge in [0.05, 0.1) is 4.48 Å². The second-order valence-corrected chi connectivity index (χ2v) is 2.72. The molecule has 0 bridgehead atoms. The van der Waals surface area contributed by atoms with Crippen molar-refractivity contribution in [2.45, 2.75) is 6.29 Å². The van der Waals surface area contributed by atoms with Crippen LogP contribution in [-0.2, 0) is 9.47 Å². The van der Waals surface area contributed by atoms with Gasteiger partial charge in [-0.05, 0) is 15.9 Å². The predicted octanol–water partition coefficient (Wildman–Crippen LogP) is 2.39. The molecule has 0 aromatic heterocycles. The van der Waals surface area contributed by atoms with Crippen LogP contribution < -0.4 is 0 Å². The summed E-state index contributed by atoms with van der Waals surface area (Å²) in [5, 5.41) is 0. The minimum atomic E-state index is -0.367. The van der Waals surface area contributed by atoms with Gasteiger partial charge in [0.1, 0.15) is 0 Å². The molecule has 0 N–H and O–H groups in total. The van der Waals surface area contributed by atoms with Gasteiger partial charge in [-0.2, -0.15) is 0 Å². The molecule has 4 heteroatoms. The fourth-order valence-electron chi connectivity index (χ4n) is 0.423. The van der Waals surface area contributed by atoms with Crippen LogP contribution >= 0.6 is 31.9 Å². The van der Waals surface area contributed by atoms with Crippen molar-refractivity contribution in [3.8, 4) is 0 Å². The maximum Gasteiger partial charge on any atom is 0.197 e. The Morgan fingerprint density at radius 2 is 2.00 bits per heavy atom. The van der Waals surface area contributed by atoms with Crippen molar-refractivity contribution in [2.75, 3.05) is 14.2 Å². The molecule has 2 nitrogen and oxygen atoms in total. The monoisotopic (exact) mass is 270 g/mol. The number of methoxy groups -OCH3 is 2. The number of hydrogen-bond acceptors (Lipinski definition) is 2. The van der Waals surface area contributed by atoms with Crippen molar-refractivity contribution in [2.24, 2.45) is 0 Å². The van der Waals surface area contributed by atoms with Gasteiger partial charge in [-0.15, -0.1) is 0 Å². The lowest BCUT2D eigenvalue weighted by molar-refractivity contribution is -0.0685. The lowest BCUT2D eigenvalue weighted by Crippen LogP contribution is -2.11. The van der Waals surface area contributed by atoms with Gasteiger partial charge in [-0.1, -0.05) is 21.7 Å². The van der Waals surface area contributed by atoms with Gasteiger partial charge in [-0.3, -0.25) is 0 Å². The molecule has 0 aliphatic rings. The normalized spacial score (nSPS) is 9.30. The van der Waals surface area contributed by atoms with Gasteiger partial charge in [0, 0.05) is 19.2 Å². The third-order valence-corrected chi connectivity index (χ3v) is 1.66. The van der Waals surface area contributed by atoms with E-state index in [1.54, 1.807) is 19.2 Å². The van der Waals surface area contributed by atoms with Crippen LogP contribution in [0, 0.1) is 0 Å². The Bertz CT molecular complexity index is 146. The highest BCUT2D eigenvalue weighted by Crippen LogP contribution is 2.12. The molecule has 0 aromatic carbocycles. The Morgan fingerprint density at radius 3 is 2.30 bits per heavy atom. The first-order valence-electron chi connectivity index (χ1n) is 2.52. The van der Waals surface area contributed by atoms with Crippen LogP contribution in [0.1, 0.15) is 0 Å². The summed E-state index contributed by atoms with van der Waals surface area (Å²) in [7, 11) is 3.12. The van der Waals surface area contributed by atoms with Crippen molar-refractivity contribution in [3.63, 3.8) is 0 Å². The van der Waals surface area contributed by atoms with Crippen LogP contribution in [0.2, 0.25) is 0 Å². The summed E-state index contributed by atoms with van der Waals surface area (Å²) in [5.74, 6) is 0. The van der Waals surface area contributed by atoms with Gasteiger partial charge < -0.3 is 9.47 Å². The predicted molar refractivity (Wildman–Crippen MR) is 47.3 cm³/mol. The first-order chi connectivity index (χ1) is 4.76. The van der Waals surface area contributed by atoms with E-state index in [0.717, 1.165) is 4.48 Å². The summed E-state index contributed by atoms with van der Waals surface area (Å²) in [4.78, 5) is 1.60. The largest absolute Gasteiger partial charge is 0.351 e. The third kappa shape index (κ3) is 3.54. The second kappa shape index (κ2) is 6.13. The van der Waals surface area contributed by atoms with Gasteiger partial charge >= 0.3 is 0 Å². The molecule has 0 aromatic rings. The van der Waals surface area contributed by atoms with Crippen LogP contribution in [0.25, 0.3) is 0 Å². The molecule has 0 aliphatic heterocycles. The fourth-order valence-corrected chi connectivity index (χ4v) is 1.47. The molecular formula is C6H8Br2O2. The maximum absolute atomic E-state index is 4.90. The molecular weight excluding hydrogens is 264 g/mol. The van der Waals surface area contributed by atoms with Gasteiger partial charge in [0.25, 0.3) is 0 Å². The topological polar surface area (TPSA) is 18.5 Å². The number of halogens is 2. The Morgan fingerprint density at radius 1 is 1.50 bits per heavy atom. The van der Waals surface area contributed by atoms with Crippen molar-refractivity contribution in [1.82, 2.24) is 0 Å². The fraction of sp³-hybridized carbons (Fsp3) is 0.500. The molecule has 10 heavy (non-hydrogen) atoms. The Labute approximate surface area is 77.1 Å². The van der Waals surface area contributed by atoms with E-state index in [0.29, 0.717) is 0 Å². The average molecular weight is 272 g/mol. The number of ether oxygens (including phenoxy) is 2. The molecule has 0 heterocycles. The van der Waals surface area contributed by atoms with E-state index in [4.69, 9.17) is 9.47 Å². The van der Waals surface area contributed by atoms with Gasteiger partial charge in [0.15, 0.2) is 6.29 Å². The average Bonchev–Trinajstić information content (AvgIpc) is 1.91. The lowest BCUT2D eigenvalue weighted by Gasteiger charge is -2.09. The van der Waals surface area contributed by atoms with E-state index in [9.17, 15) is 0 Å². The Hall–Kier alpha value is 0.400. The Balaban J connectivity index is 4.15.